The SMILES string of the molecule is COCCC(=O)NC1CCCC1CN. The first kappa shape index (κ1) is 11.5. The zero-order valence-electron chi connectivity index (χ0n) is 8.79. The van der Waals surface area contributed by atoms with Crippen LogP contribution in [0.1, 0.15) is 25.7 Å². The van der Waals surface area contributed by atoms with Crippen LogP contribution in [0, 0.1) is 5.92 Å². The van der Waals surface area contributed by atoms with Crippen molar-refractivity contribution in [2.45, 2.75) is 31.7 Å². The second kappa shape index (κ2) is 5.98. The lowest BCUT2D eigenvalue weighted by Gasteiger charge is -2.19. The van der Waals surface area contributed by atoms with Crippen molar-refractivity contribution in [1.29, 1.82) is 0 Å². The molecule has 0 spiro atoms. The van der Waals surface area contributed by atoms with Gasteiger partial charge in [0, 0.05) is 19.6 Å². The number of ether oxygens (including phenoxy) is 1. The van der Waals surface area contributed by atoms with Gasteiger partial charge < -0.3 is 15.8 Å². The summed E-state index contributed by atoms with van der Waals surface area (Å²) in [4.78, 5) is 11.4. The van der Waals surface area contributed by atoms with Gasteiger partial charge in [-0.15, -0.1) is 0 Å². The Kier molecular flexibility index (Phi) is 4.90. The van der Waals surface area contributed by atoms with Crippen molar-refractivity contribution in [2.24, 2.45) is 11.7 Å². The fourth-order valence-electron chi connectivity index (χ4n) is 1.98. The number of hydrogen-bond acceptors (Lipinski definition) is 3. The molecule has 3 N–H and O–H groups in total. The van der Waals surface area contributed by atoms with E-state index < -0.39 is 0 Å². The van der Waals surface area contributed by atoms with Crippen molar-refractivity contribution < 1.29 is 9.53 Å². The number of carbonyl (C=O) groups excluding carboxylic acids is 1. The summed E-state index contributed by atoms with van der Waals surface area (Å²) in [6.07, 6.45) is 3.84. The van der Waals surface area contributed by atoms with Crippen LogP contribution in [0.25, 0.3) is 0 Å². The molecule has 1 fully saturated rings. The van der Waals surface area contributed by atoms with E-state index in [1.54, 1.807) is 7.11 Å². The summed E-state index contributed by atoms with van der Waals surface area (Å²) in [6.45, 7) is 1.17. The molecule has 0 aromatic heterocycles. The third-order valence-electron chi connectivity index (χ3n) is 2.84. The molecule has 2 atom stereocenters. The zero-order valence-corrected chi connectivity index (χ0v) is 8.79. The number of nitrogens with two attached hydrogens (primary N) is 1. The number of carbonyl (C=O) groups is 1. The van der Waals surface area contributed by atoms with Gasteiger partial charge in [0.25, 0.3) is 0 Å². The van der Waals surface area contributed by atoms with Crippen LogP contribution < -0.4 is 11.1 Å². The normalized spacial score (nSPS) is 26.4. The Morgan fingerprint density at radius 2 is 2.36 bits per heavy atom. The molecule has 1 rings (SSSR count). The first-order valence-electron chi connectivity index (χ1n) is 5.26. The Morgan fingerprint density at radius 3 is 3.00 bits per heavy atom. The van der Waals surface area contributed by atoms with E-state index in [1.165, 1.54) is 6.42 Å². The lowest BCUT2D eigenvalue weighted by molar-refractivity contribution is -0.122. The summed E-state index contributed by atoms with van der Waals surface area (Å²) in [5.41, 5.74) is 5.62. The van der Waals surface area contributed by atoms with Crippen molar-refractivity contribution in [3.05, 3.63) is 0 Å². The van der Waals surface area contributed by atoms with Gasteiger partial charge >= 0.3 is 0 Å². The Hall–Kier alpha value is -0.610. The van der Waals surface area contributed by atoms with E-state index in [-0.39, 0.29) is 5.91 Å². The van der Waals surface area contributed by atoms with Crippen LogP contribution in [0.3, 0.4) is 0 Å². The molecule has 1 aliphatic carbocycles. The molecule has 1 saturated carbocycles. The van der Waals surface area contributed by atoms with Crippen molar-refractivity contribution in [3.63, 3.8) is 0 Å². The molecule has 14 heavy (non-hydrogen) atoms. The molecular weight excluding hydrogens is 180 g/mol. The predicted octanol–water partition coefficient (Wildman–Crippen LogP) is 0.267. The van der Waals surface area contributed by atoms with Gasteiger partial charge in [-0.1, -0.05) is 6.42 Å². The standard InChI is InChI=1S/C10H20N2O2/c1-14-6-5-10(13)12-9-4-2-3-8(9)7-11/h8-9H,2-7,11H2,1H3,(H,12,13). The molecule has 0 aromatic rings. The molecule has 82 valence electrons. The highest BCUT2D eigenvalue weighted by Gasteiger charge is 2.26. The second-order valence-electron chi connectivity index (χ2n) is 3.84. The number of rotatable bonds is 5. The molecule has 1 amide bonds. The quantitative estimate of drug-likeness (QED) is 0.669. The maximum absolute atomic E-state index is 11.4. The topological polar surface area (TPSA) is 64.3 Å². The van der Waals surface area contributed by atoms with Crippen molar-refractivity contribution in [2.75, 3.05) is 20.3 Å². The summed E-state index contributed by atoms with van der Waals surface area (Å²) in [7, 11) is 1.60. The van der Waals surface area contributed by atoms with E-state index in [9.17, 15) is 4.79 Å². The molecule has 2 unspecified atom stereocenters. The van der Waals surface area contributed by atoms with Crippen LogP contribution in [0.2, 0.25) is 0 Å². The van der Waals surface area contributed by atoms with Gasteiger partial charge in [-0.2, -0.15) is 0 Å². The molecular formula is C10H20N2O2. The minimum Gasteiger partial charge on any atom is -0.384 e. The molecule has 0 aliphatic heterocycles. The average molecular weight is 200 g/mol. The fourth-order valence-corrected chi connectivity index (χ4v) is 1.98. The summed E-state index contributed by atoms with van der Waals surface area (Å²) in [5, 5.41) is 3.02. The monoisotopic (exact) mass is 200 g/mol. The third kappa shape index (κ3) is 3.27. The summed E-state index contributed by atoms with van der Waals surface area (Å²) >= 11 is 0. The lowest BCUT2D eigenvalue weighted by Crippen LogP contribution is -2.40. The Morgan fingerprint density at radius 1 is 1.57 bits per heavy atom. The number of methoxy groups -OCH3 is 1. The Labute approximate surface area is 85.2 Å². The molecule has 0 saturated heterocycles. The summed E-state index contributed by atoms with van der Waals surface area (Å²) in [5.74, 6) is 0.554. The van der Waals surface area contributed by atoms with Gasteiger partial charge in [0.15, 0.2) is 0 Å². The molecule has 4 heteroatoms. The van der Waals surface area contributed by atoms with Gasteiger partial charge in [-0.3, -0.25) is 4.79 Å². The van der Waals surface area contributed by atoms with Crippen LogP contribution >= 0.6 is 0 Å². The largest absolute Gasteiger partial charge is 0.384 e. The van der Waals surface area contributed by atoms with Crippen LogP contribution in [-0.2, 0) is 9.53 Å². The summed E-state index contributed by atoms with van der Waals surface area (Å²) < 4.78 is 4.84. The molecule has 4 nitrogen and oxygen atoms in total. The van der Waals surface area contributed by atoms with Gasteiger partial charge in [-0.05, 0) is 25.3 Å². The first-order chi connectivity index (χ1) is 6.77. The van der Waals surface area contributed by atoms with E-state index in [0.717, 1.165) is 12.8 Å². The van der Waals surface area contributed by atoms with Gasteiger partial charge in [-0.25, -0.2) is 0 Å². The minimum absolute atomic E-state index is 0.0807. The van der Waals surface area contributed by atoms with E-state index in [1.807, 2.05) is 0 Å². The number of hydrogen-bond donors (Lipinski definition) is 2. The highest BCUT2D eigenvalue weighted by atomic mass is 16.5. The molecule has 1 aliphatic rings. The van der Waals surface area contributed by atoms with Crippen molar-refractivity contribution in [3.8, 4) is 0 Å². The minimum atomic E-state index is 0.0807. The maximum atomic E-state index is 11.4. The molecule has 0 heterocycles. The average Bonchev–Trinajstić information content (AvgIpc) is 2.62. The molecule has 0 radical (unpaired) electrons. The maximum Gasteiger partial charge on any atom is 0.222 e. The molecule has 0 aromatic carbocycles. The van der Waals surface area contributed by atoms with Gasteiger partial charge in [0.1, 0.15) is 0 Å². The summed E-state index contributed by atoms with van der Waals surface area (Å²) in [6, 6.07) is 0.296. The van der Waals surface area contributed by atoms with E-state index in [0.29, 0.717) is 31.5 Å². The predicted molar refractivity (Wildman–Crippen MR) is 54.8 cm³/mol. The van der Waals surface area contributed by atoms with Crippen LogP contribution in [0.4, 0.5) is 0 Å². The fraction of sp³-hybridized carbons (Fsp3) is 0.900. The molecule has 0 bridgehead atoms. The first-order valence-corrected chi connectivity index (χ1v) is 5.26. The lowest BCUT2D eigenvalue weighted by atomic mass is 10.0. The second-order valence-corrected chi connectivity index (χ2v) is 3.84. The smallest absolute Gasteiger partial charge is 0.222 e. The van der Waals surface area contributed by atoms with Gasteiger partial charge in [0.05, 0.1) is 6.61 Å². The van der Waals surface area contributed by atoms with E-state index in [4.69, 9.17) is 10.5 Å². The van der Waals surface area contributed by atoms with Crippen molar-refractivity contribution in [1.82, 2.24) is 5.32 Å². The van der Waals surface area contributed by atoms with Gasteiger partial charge in [0.2, 0.25) is 5.91 Å². The highest BCUT2D eigenvalue weighted by molar-refractivity contribution is 5.76. The number of amides is 1. The van der Waals surface area contributed by atoms with Crippen LogP contribution in [0.5, 0.6) is 0 Å². The Balaban J connectivity index is 2.25. The third-order valence-corrected chi connectivity index (χ3v) is 2.84. The number of nitrogens with one attached hydrogen (secondary N) is 1. The van der Waals surface area contributed by atoms with Crippen LogP contribution in [-0.4, -0.2) is 32.2 Å². The Bertz CT molecular complexity index is 185. The van der Waals surface area contributed by atoms with E-state index >= 15 is 0 Å². The zero-order chi connectivity index (χ0) is 10.4. The highest BCUT2D eigenvalue weighted by Crippen LogP contribution is 2.24. The van der Waals surface area contributed by atoms with Crippen molar-refractivity contribution >= 4 is 5.91 Å². The van der Waals surface area contributed by atoms with Crippen LogP contribution in [0.15, 0.2) is 0 Å². The van der Waals surface area contributed by atoms with E-state index in [2.05, 4.69) is 5.32 Å².